The van der Waals surface area contributed by atoms with E-state index in [2.05, 4.69) is 97.9 Å². The standard InChI is InChI=1S/C21H25.C6H10.C5H5.2ClH.Ti/c1-20(2,3)16-9-7-14-11-15-8-10-17(21(4,5)6)13-19(15)18(14)12-16;1-2-4-6-5-3-1;1-2-4-5-3-1;;;/h7,9-10,12-13H,11H2,1-6H3;1-5H2;1-5H;2*1H;/q-1;;-1;;;+2/p-2. The molecule has 0 N–H and O–H groups in total. The minimum Gasteiger partial charge on any atom is -0.214 e. The summed E-state index contributed by atoms with van der Waals surface area (Å²) in [5, 5.41) is 0. The molecule has 2 aliphatic rings. The molecule has 188 valence electrons. The third-order valence-corrected chi connectivity index (χ3v) is 7.32. The summed E-state index contributed by atoms with van der Waals surface area (Å²) in [7, 11) is 0. The summed E-state index contributed by atoms with van der Waals surface area (Å²) in [6, 6.07) is 25.1. The molecule has 0 spiro atoms. The van der Waals surface area contributed by atoms with Crippen LogP contribution in [0.1, 0.15) is 95.9 Å². The summed E-state index contributed by atoms with van der Waals surface area (Å²) < 4.78 is 1.71. The van der Waals surface area contributed by atoms with E-state index < -0.39 is 0 Å². The topological polar surface area (TPSA) is 0 Å². The van der Waals surface area contributed by atoms with Crippen molar-refractivity contribution in [3.63, 3.8) is 0 Å². The van der Waals surface area contributed by atoms with Crippen LogP contribution < -0.4 is 24.8 Å². The molecule has 0 saturated heterocycles. The Balaban J connectivity index is 0.000000360. The second-order valence-electron chi connectivity index (χ2n) is 11.5. The molecule has 1 fully saturated rings. The van der Waals surface area contributed by atoms with Gasteiger partial charge in [-0.05, 0) is 17.4 Å². The van der Waals surface area contributed by atoms with Gasteiger partial charge in [-0.3, -0.25) is 0 Å². The molecular formula is C32H40Cl2Ti-2. The van der Waals surface area contributed by atoms with Crippen molar-refractivity contribution in [1.29, 1.82) is 0 Å². The predicted molar refractivity (Wildman–Crippen MR) is 141 cm³/mol. The van der Waals surface area contributed by atoms with Crippen LogP contribution in [0.15, 0.2) is 60.7 Å². The first-order chi connectivity index (χ1) is 15.6. The van der Waals surface area contributed by atoms with Crippen molar-refractivity contribution < 1.29 is 44.8 Å². The Bertz CT molecular complexity index is 963. The number of hydrogen-bond donors (Lipinski definition) is 0. The van der Waals surface area contributed by atoms with Crippen LogP contribution in [-0.4, -0.2) is 3.81 Å². The van der Waals surface area contributed by atoms with Crippen LogP contribution in [-0.2, 0) is 37.2 Å². The quantitative estimate of drug-likeness (QED) is 0.237. The Hall–Kier alpha value is -1.05. The van der Waals surface area contributed by atoms with Gasteiger partial charge in [0.05, 0.1) is 0 Å². The van der Waals surface area contributed by atoms with Gasteiger partial charge in [-0.2, -0.15) is 47.5 Å². The fraction of sp³-hybridized carbons (Fsp3) is 0.438. The maximum Gasteiger partial charge on any atom is -0.172 e. The van der Waals surface area contributed by atoms with Gasteiger partial charge in [0.25, 0.3) is 0 Å². The maximum absolute atomic E-state index is 3.53. The first-order valence-corrected chi connectivity index (χ1v) is 13.3. The second kappa shape index (κ2) is 14.0. The molecule has 0 bridgehead atoms. The summed E-state index contributed by atoms with van der Waals surface area (Å²) in [5.74, 6) is 0. The summed E-state index contributed by atoms with van der Waals surface area (Å²) in [6.45, 7) is 13.6. The van der Waals surface area contributed by atoms with Gasteiger partial charge in [0.15, 0.2) is 0 Å². The minimum atomic E-state index is 0. The normalized spacial score (nSPS) is 14.1. The van der Waals surface area contributed by atoms with E-state index in [-0.39, 0.29) is 35.6 Å². The van der Waals surface area contributed by atoms with E-state index in [0.29, 0.717) is 0 Å². The fourth-order valence-corrected chi connectivity index (χ4v) is 4.84. The van der Waals surface area contributed by atoms with E-state index in [0.717, 1.165) is 6.42 Å². The van der Waals surface area contributed by atoms with Crippen molar-refractivity contribution in [1.82, 2.24) is 0 Å². The number of hydrogen-bond acceptors (Lipinski definition) is 0. The average Bonchev–Trinajstić information content (AvgIpc) is 3.44. The summed E-state index contributed by atoms with van der Waals surface area (Å²) in [6.07, 6.45) is 8.20. The van der Waals surface area contributed by atoms with E-state index in [1.807, 2.05) is 30.3 Å². The number of fused-ring (bicyclic) bond motifs is 3. The molecule has 2 aliphatic carbocycles. The molecule has 5 rings (SSSR count). The molecule has 0 aromatic heterocycles. The molecule has 0 heterocycles. The van der Waals surface area contributed by atoms with E-state index in [1.54, 1.807) is 3.81 Å². The number of rotatable bonds is 0. The number of benzene rings is 2. The van der Waals surface area contributed by atoms with Gasteiger partial charge in [0.1, 0.15) is 0 Å². The first-order valence-electron chi connectivity index (χ1n) is 12.5. The molecular weight excluding hydrogens is 503 g/mol. The van der Waals surface area contributed by atoms with Crippen LogP contribution >= 0.6 is 0 Å². The zero-order valence-electron chi connectivity index (χ0n) is 22.3. The van der Waals surface area contributed by atoms with E-state index >= 15 is 0 Å². The first kappa shape index (κ1) is 32.0. The van der Waals surface area contributed by atoms with Crippen LogP contribution in [0, 0.1) is 6.07 Å². The Morgan fingerprint density at radius 1 is 0.771 bits per heavy atom. The Morgan fingerprint density at radius 3 is 1.80 bits per heavy atom. The van der Waals surface area contributed by atoms with Crippen molar-refractivity contribution in [3.8, 4) is 11.1 Å². The third-order valence-electron chi connectivity index (χ3n) is 6.54. The maximum atomic E-state index is 3.53. The van der Waals surface area contributed by atoms with Crippen LogP contribution in [0.3, 0.4) is 0 Å². The minimum absolute atomic E-state index is 0. The molecule has 3 aromatic carbocycles. The van der Waals surface area contributed by atoms with Crippen LogP contribution in [0.4, 0.5) is 0 Å². The Labute approximate surface area is 238 Å². The second-order valence-corrected chi connectivity index (χ2v) is 12.6. The zero-order chi connectivity index (χ0) is 24.1. The summed E-state index contributed by atoms with van der Waals surface area (Å²) in [5.41, 5.74) is 8.76. The largest absolute Gasteiger partial charge is 0.214 e. The fourth-order valence-electron chi connectivity index (χ4n) is 4.28. The molecule has 3 aromatic rings. The molecule has 0 radical (unpaired) electrons. The predicted octanol–water partition coefficient (Wildman–Crippen LogP) is 2.74. The van der Waals surface area contributed by atoms with Gasteiger partial charge in [-0.15, -0.1) is 5.56 Å². The van der Waals surface area contributed by atoms with Gasteiger partial charge in [-0.25, -0.2) is 12.1 Å². The molecule has 0 unspecified atom stereocenters. The van der Waals surface area contributed by atoms with Crippen molar-refractivity contribution in [2.75, 3.05) is 0 Å². The van der Waals surface area contributed by atoms with Crippen molar-refractivity contribution in [2.45, 2.75) is 90.9 Å². The van der Waals surface area contributed by atoms with Crippen LogP contribution in [0.5, 0.6) is 0 Å². The SMILES string of the molecule is CC(C)(C)c1c[c-]c2c(c1)-c1cc(C(C)(C)C)ccc1C2.[Cl-].[Cl-].[Ti+2]=[C]1CCCCC1.c1cc[cH-]c1. The molecule has 0 aliphatic heterocycles. The van der Waals surface area contributed by atoms with E-state index in [4.69, 9.17) is 0 Å². The van der Waals surface area contributed by atoms with Crippen LogP contribution in [0.2, 0.25) is 0 Å². The molecule has 0 nitrogen and oxygen atoms in total. The zero-order valence-corrected chi connectivity index (χ0v) is 25.3. The summed E-state index contributed by atoms with van der Waals surface area (Å²) in [4.78, 5) is 0. The van der Waals surface area contributed by atoms with Gasteiger partial charge in [-0.1, -0.05) is 76.3 Å². The van der Waals surface area contributed by atoms with Crippen molar-refractivity contribution >= 4 is 3.81 Å². The van der Waals surface area contributed by atoms with Gasteiger partial charge in [0, 0.05) is 0 Å². The molecule has 35 heavy (non-hydrogen) atoms. The number of halogens is 2. The van der Waals surface area contributed by atoms with Crippen molar-refractivity contribution in [3.05, 3.63) is 89.0 Å². The van der Waals surface area contributed by atoms with Crippen molar-refractivity contribution in [2.24, 2.45) is 0 Å². The molecule has 3 heteroatoms. The molecule has 0 amide bonds. The Morgan fingerprint density at radius 2 is 1.34 bits per heavy atom. The summed E-state index contributed by atoms with van der Waals surface area (Å²) >= 11 is 2.28. The van der Waals surface area contributed by atoms with E-state index in [1.165, 1.54) is 65.5 Å². The molecule has 1 saturated carbocycles. The van der Waals surface area contributed by atoms with Gasteiger partial charge in [0.2, 0.25) is 0 Å². The smallest absolute Gasteiger partial charge is 0.172 e. The van der Waals surface area contributed by atoms with Gasteiger partial charge < -0.3 is 24.8 Å². The third kappa shape index (κ3) is 9.40. The molecule has 0 atom stereocenters. The van der Waals surface area contributed by atoms with Crippen LogP contribution in [0.25, 0.3) is 11.1 Å². The Kier molecular flexibility index (Phi) is 12.8. The monoisotopic (exact) mass is 542 g/mol. The average molecular weight is 543 g/mol. The van der Waals surface area contributed by atoms with E-state index in [9.17, 15) is 0 Å². The van der Waals surface area contributed by atoms with Gasteiger partial charge >= 0.3 is 55.9 Å².